The molecule has 2 aliphatic rings. The van der Waals surface area contributed by atoms with Gasteiger partial charge in [0.15, 0.2) is 0 Å². The molecule has 0 bridgehead atoms. The topological polar surface area (TPSA) is 92.9 Å². The summed E-state index contributed by atoms with van der Waals surface area (Å²) in [7, 11) is 0. The van der Waals surface area contributed by atoms with Gasteiger partial charge in [0.2, 0.25) is 5.91 Å². The number of allylic oxidation sites excluding steroid dienone is 2. The summed E-state index contributed by atoms with van der Waals surface area (Å²) in [4.78, 5) is 26.6. The van der Waals surface area contributed by atoms with E-state index in [1.165, 1.54) is 12.3 Å². The molecule has 1 atom stereocenters. The lowest BCUT2D eigenvalue weighted by Crippen LogP contribution is -2.33. The molecule has 27 heavy (non-hydrogen) atoms. The van der Waals surface area contributed by atoms with Crippen molar-refractivity contribution in [2.45, 2.75) is 26.1 Å². The molecule has 2 heterocycles. The molecule has 7 heteroatoms. The Morgan fingerprint density at radius 3 is 2.78 bits per heavy atom. The maximum Gasteiger partial charge on any atom is 0.258 e. The zero-order chi connectivity index (χ0) is 19.8. The van der Waals surface area contributed by atoms with Gasteiger partial charge in [-0.2, -0.15) is 12.6 Å². The molecule has 142 valence electrons. The number of benzene rings is 1. The highest BCUT2D eigenvalue weighted by atomic mass is 32.1. The first kappa shape index (κ1) is 19.3. The molecule has 6 nitrogen and oxygen atoms in total. The minimum Gasteiger partial charge on any atom is -0.462 e. The van der Waals surface area contributed by atoms with Crippen LogP contribution >= 0.6 is 12.6 Å². The van der Waals surface area contributed by atoms with Crippen LogP contribution in [0.3, 0.4) is 0 Å². The molecule has 0 spiro atoms. The lowest BCUT2D eigenvalue weighted by Gasteiger charge is -2.29. The van der Waals surface area contributed by atoms with E-state index in [1.807, 2.05) is 6.92 Å². The van der Waals surface area contributed by atoms with E-state index in [2.05, 4.69) is 12.6 Å². The third-order valence-corrected chi connectivity index (χ3v) is 4.97. The van der Waals surface area contributed by atoms with Crippen LogP contribution < -0.4 is 10.6 Å². The first-order valence-corrected chi connectivity index (χ1v) is 9.26. The van der Waals surface area contributed by atoms with Gasteiger partial charge in [-0.3, -0.25) is 9.59 Å². The maximum absolute atomic E-state index is 13.1. The number of rotatable bonds is 5. The molecule has 0 saturated carbocycles. The second-order valence-corrected chi connectivity index (χ2v) is 7.11. The third kappa shape index (κ3) is 3.40. The van der Waals surface area contributed by atoms with Crippen molar-refractivity contribution in [1.29, 1.82) is 0 Å². The third-order valence-electron chi connectivity index (χ3n) is 4.66. The fourth-order valence-electron chi connectivity index (χ4n) is 3.30. The highest BCUT2D eigenvalue weighted by Crippen LogP contribution is 2.41. The van der Waals surface area contributed by atoms with E-state index in [0.29, 0.717) is 35.5 Å². The zero-order valence-corrected chi connectivity index (χ0v) is 16.1. The average Bonchev–Trinajstić information content (AvgIpc) is 2.88. The van der Waals surface area contributed by atoms with Crippen molar-refractivity contribution in [3.8, 4) is 0 Å². The Kier molecular flexibility index (Phi) is 5.17. The number of carbonyl (C=O) groups excluding carboxylic acids is 2. The molecule has 2 aliphatic heterocycles. The largest absolute Gasteiger partial charge is 0.462 e. The second kappa shape index (κ2) is 7.25. The summed E-state index contributed by atoms with van der Waals surface area (Å²) >= 11 is 4.21. The van der Waals surface area contributed by atoms with Gasteiger partial charge in [0, 0.05) is 29.3 Å². The Balaban J connectivity index is 2.16. The molecule has 0 aliphatic carbocycles. The zero-order valence-electron chi connectivity index (χ0n) is 15.2. The molecule has 1 aromatic rings. The van der Waals surface area contributed by atoms with E-state index >= 15 is 0 Å². The normalized spacial score (nSPS) is 23.0. The van der Waals surface area contributed by atoms with Crippen molar-refractivity contribution in [2.24, 2.45) is 5.73 Å². The molecule has 3 rings (SSSR count). The van der Waals surface area contributed by atoms with Crippen LogP contribution in [0, 0.1) is 0 Å². The maximum atomic E-state index is 13.1. The van der Waals surface area contributed by atoms with Gasteiger partial charge in [-0.05, 0) is 43.7 Å². The molecular formula is C20H22N2O4S. The number of anilines is 1. The molecule has 0 aromatic heterocycles. The molecule has 0 fully saturated rings. The number of hydrogen-bond acceptors (Lipinski definition) is 5. The fourth-order valence-corrected chi connectivity index (χ4v) is 3.44. The summed E-state index contributed by atoms with van der Waals surface area (Å²) in [5.41, 5.74) is 8.36. The van der Waals surface area contributed by atoms with E-state index in [1.54, 1.807) is 36.1 Å². The van der Waals surface area contributed by atoms with Crippen molar-refractivity contribution in [1.82, 2.24) is 0 Å². The lowest BCUT2D eigenvalue weighted by molar-refractivity contribution is -0.114. The minimum atomic E-state index is -1.77. The van der Waals surface area contributed by atoms with Gasteiger partial charge < -0.3 is 20.5 Å². The quantitative estimate of drug-likeness (QED) is 0.535. The van der Waals surface area contributed by atoms with Gasteiger partial charge in [0.1, 0.15) is 0 Å². The predicted octanol–water partition coefficient (Wildman–Crippen LogP) is 2.40. The number of ether oxygens (including phenoxy) is 1. The van der Waals surface area contributed by atoms with Gasteiger partial charge in [0.05, 0.1) is 17.5 Å². The fraction of sp³-hybridized carbons (Fsp3) is 0.300. The molecule has 1 aromatic carbocycles. The van der Waals surface area contributed by atoms with E-state index in [0.717, 1.165) is 5.57 Å². The van der Waals surface area contributed by atoms with Crippen LogP contribution in [-0.4, -0.2) is 35.0 Å². The lowest BCUT2D eigenvalue weighted by atomic mass is 9.95. The number of carbonyl (C=O) groups is 2. The molecule has 3 N–H and O–H groups in total. The monoisotopic (exact) mass is 386 g/mol. The highest BCUT2D eigenvalue weighted by molar-refractivity contribution is 7.80. The van der Waals surface area contributed by atoms with Gasteiger partial charge in [-0.15, -0.1) is 0 Å². The number of aliphatic hydroxyl groups is 1. The number of hydrogen-bond donors (Lipinski definition) is 3. The van der Waals surface area contributed by atoms with Crippen LogP contribution in [0.1, 0.15) is 36.2 Å². The average molecular weight is 386 g/mol. The smallest absolute Gasteiger partial charge is 0.258 e. The Hall–Kier alpha value is -2.51. The number of amides is 2. The van der Waals surface area contributed by atoms with E-state index < -0.39 is 11.7 Å². The van der Waals surface area contributed by atoms with Crippen LogP contribution in [0.2, 0.25) is 0 Å². The van der Waals surface area contributed by atoms with Crippen LogP contribution in [0.4, 0.5) is 5.69 Å². The number of primary amides is 1. The number of nitrogens with zero attached hydrogens (tertiary/aromatic N) is 1. The van der Waals surface area contributed by atoms with Crippen LogP contribution in [0.15, 0.2) is 47.8 Å². The summed E-state index contributed by atoms with van der Waals surface area (Å²) in [6, 6.07) is 5.02. The highest BCUT2D eigenvalue weighted by Gasteiger charge is 2.39. The first-order valence-electron chi connectivity index (χ1n) is 8.63. The van der Waals surface area contributed by atoms with Crippen molar-refractivity contribution in [3.05, 3.63) is 58.9 Å². The Labute approximate surface area is 163 Å². The van der Waals surface area contributed by atoms with Gasteiger partial charge >= 0.3 is 0 Å². The summed E-state index contributed by atoms with van der Waals surface area (Å²) in [6.07, 6.45) is 5.25. The summed E-state index contributed by atoms with van der Waals surface area (Å²) in [6.45, 7) is 4.01. The van der Waals surface area contributed by atoms with E-state index in [9.17, 15) is 14.7 Å². The van der Waals surface area contributed by atoms with E-state index in [4.69, 9.17) is 10.5 Å². The standard InChI is InChI=1S/C20H22N2O4S/c1-12-9-13(2)20(25,26-11-12)10-15-17-14(18(21)23)5-3-6-16(17)22(19(15)24)7-4-8-27/h3,5-6,9-11,25,27H,4,7-8H2,1-2H3,(H2,21,23)/b15-10-. The van der Waals surface area contributed by atoms with Crippen molar-refractivity contribution in [3.63, 3.8) is 0 Å². The molecular weight excluding hydrogens is 364 g/mol. The number of nitrogens with two attached hydrogens (primary N) is 1. The number of thiol groups is 1. The second-order valence-electron chi connectivity index (χ2n) is 6.66. The van der Waals surface area contributed by atoms with Gasteiger partial charge in [-0.25, -0.2) is 0 Å². The van der Waals surface area contributed by atoms with Crippen LogP contribution in [0.25, 0.3) is 5.57 Å². The number of fused-ring (bicyclic) bond motifs is 1. The first-order chi connectivity index (χ1) is 12.8. The Morgan fingerprint density at radius 1 is 1.41 bits per heavy atom. The molecule has 0 saturated heterocycles. The van der Waals surface area contributed by atoms with Crippen LogP contribution in [-0.2, 0) is 9.53 Å². The van der Waals surface area contributed by atoms with Crippen LogP contribution in [0.5, 0.6) is 0 Å². The van der Waals surface area contributed by atoms with Crippen molar-refractivity contribution >= 4 is 35.7 Å². The van der Waals surface area contributed by atoms with Crippen molar-refractivity contribution < 1.29 is 19.4 Å². The summed E-state index contributed by atoms with van der Waals surface area (Å²) < 4.78 is 5.48. The Morgan fingerprint density at radius 2 is 2.15 bits per heavy atom. The molecule has 2 amide bonds. The minimum absolute atomic E-state index is 0.196. The Bertz CT molecular complexity index is 903. The molecule has 1 unspecified atom stereocenters. The van der Waals surface area contributed by atoms with E-state index in [-0.39, 0.29) is 17.0 Å². The van der Waals surface area contributed by atoms with Crippen molar-refractivity contribution in [2.75, 3.05) is 17.2 Å². The SMILES string of the molecule is CC1=COC(O)(/C=C2\C(=O)N(CCCS)c3cccc(C(N)=O)c32)C(C)=C1. The van der Waals surface area contributed by atoms with Gasteiger partial charge in [-0.1, -0.05) is 12.1 Å². The van der Waals surface area contributed by atoms with Gasteiger partial charge in [0.25, 0.3) is 11.7 Å². The molecule has 0 radical (unpaired) electrons. The summed E-state index contributed by atoms with van der Waals surface area (Å²) in [5.74, 6) is -2.10. The summed E-state index contributed by atoms with van der Waals surface area (Å²) in [5, 5.41) is 10.9. The predicted molar refractivity (Wildman–Crippen MR) is 107 cm³/mol.